The van der Waals surface area contributed by atoms with Crippen LogP contribution in [0, 0.1) is 12.1 Å². The predicted molar refractivity (Wildman–Crippen MR) is 108 cm³/mol. The summed E-state index contributed by atoms with van der Waals surface area (Å²) in [6.07, 6.45) is 8.82. The van der Waals surface area contributed by atoms with Crippen molar-refractivity contribution in [1.29, 1.82) is 0 Å². The minimum atomic E-state index is -0.362. The summed E-state index contributed by atoms with van der Waals surface area (Å²) in [7, 11) is 0. The second-order valence-corrected chi connectivity index (χ2v) is 10.5. The summed E-state index contributed by atoms with van der Waals surface area (Å²) >= 11 is -0.362. The van der Waals surface area contributed by atoms with Crippen LogP contribution in [0.2, 0.25) is 0 Å². The van der Waals surface area contributed by atoms with Crippen molar-refractivity contribution in [2.75, 3.05) is 6.67 Å². The number of ether oxygens (including phenoxy) is 1. The van der Waals surface area contributed by atoms with Gasteiger partial charge in [0.1, 0.15) is 0 Å². The molecule has 0 aromatic heterocycles. The minimum absolute atomic E-state index is 0.227. The van der Waals surface area contributed by atoms with E-state index in [0.717, 1.165) is 35.8 Å². The monoisotopic (exact) mass is 563 g/mol. The average Bonchev–Trinajstić information content (AvgIpc) is 3.30. The molecule has 4 aliphatic heterocycles. The molecule has 0 amide bonds. The Morgan fingerprint density at radius 1 is 0.862 bits per heavy atom. The van der Waals surface area contributed by atoms with Crippen LogP contribution in [0.5, 0.6) is 11.5 Å². The van der Waals surface area contributed by atoms with Crippen LogP contribution in [0.3, 0.4) is 0 Å². The Morgan fingerprint density at radius 3 is 2.48 bits per heavy atom. The van der Waals surface area contributed by atoms with Gasteiger partial charge in [-0.05, 0) is 0 Å². The molecular weight excluding hydrogens is 543 g/mol. The quantitative estimate of drug-likeness (QED) is 0.458. The molecule has 0 fully saturated rings. The molecule has 0 aliphatic carbocycles. The van der Waals surface area contributed by atoms with Crippen molar-refractivity contribution in [3.05, 3.63) is 84.5 Å². The first-order valence-corrected chi connectivity index (χ1v) is 11.9. The third-order valence-electron chi connectivity index (χ3n) is 5.53. The maximum absolute atomic E-state index is 6.14. The van der Waals surface area contributed by atoms with E-state index in [4.69, 9.17) is 4.74 Å². The molecule has 0 N–H and O–H groups in total. The van der Waals surface area contributed by atoms with Gasteiger partial charge in [-0.25, -0.2) is 0 Å². The van der Waals surface area contributed by atoms with E-state index in [1.54, 1.807) is 0 Å². The molecular formula is C23H20N4OPt-2. The van der Waals surface area contributed by atoms with Crippen LogP contribution in [0.25, 0.3) is 0 Å². The van der Waals surface area contributed by atoms with E-state index in [1.807, 2.05) is 18.2 Å². The molecule has 0 atom stereocenters. The fourth-order valence-corrected chi connectivity index (χ4v) is 7.42. The topological polar surface area (TPSA) is 22.2 Å². The van der Waals surface area contributed by atoms with Crippen molar-refractivity contribution >= 4 is 8.29 Å². The Kier molecular flexibility index (Phi) is 3.67. The van der Waals surface area contributed by atoms with E-state index < -0.39 is 0 Å². The number of nitrogens with zero attached hydrogens (tertiary/aromatic N) is 4. The van der Waals surface area contributed by atoms with Crippen molar-refractivity contribution in [3.8, 4) is 11.5 Å². The number of hydrogen-bond acceptors (Lipinski definition) is 5. The van der Waals surface area contributed by atoms with Gasteiger partial charge in [-0.1, -0.05) is 0 Å². The number of hydrogen-bond donors (Lipinski definition) is 0. The summed E-state index contributed by atoms with van der Waals surface area (Å²) in [5.74, 6) is 1.46. The van der Waals surface area contributed by atoms with Crippen molar-refractivity contribution in [3.63, 3.8) is 0 Å². The standard InChI is InChI=1S/C23H20N4O.Pt/c1-23(2)20-6-4-8-22(14-20)28-21-7-3-5-19(13-21)15-24-9-10-25(16-24)17-26-11-12-27(23)18-26;/h3-12H,15,17H2,1-2H3;/q-2;. The average molecular weight is 564 g/mol. The molecule has 6 rings (SSSR count). The fourth-order valence-electron chi connectivity index (χ4n) is 3.90. The van der Waals surface area contributed by atoms with Crippen molar-refractivity contribution < 1.29 is 22.4 Å². The van der Waals surface area contributed by atoms with Crippen LogP contribution in [-0.4, -0.2) is 34.6 Å². The Bertz CT molecular complexity index is 1150. The second-order valence-electron chi connectivity index (χ2n) is 7.87. The molecule has 4 aliphatic rings. The first-order chi connectivity index (χ1) is 14.1. The molecule has 2 aromatic rings. The molecule has 4 heterocycles. The van der Waals surface area contributed by atoms with Crippen LogP contribution in [-0.2, 0) is 29.7 Å². The van der Waals surface area contributed by atoms with Crippen LogP contribution < -0.4 is 4.74 Å². The molecule has 5 nitrogen and oxygen atoms in total. The maximum atomic E-state index is 6.14. The molecule has 0 saturated carbocycles. The molecule has 0 spiro atoms. The zero-order valence-electron chi connectivity index (χ0n) is 16.2. The van der Waals surface area contributed by atoms with E-state index >= 15 is 0 Å². The second kappa shape index (κ2) is 6.17. The summed E-state index contributed by atoms with van der Waals surface area (Å²) in [4.78, 5) is 9.55. The van der Waals surface area contributed by atoms with Crippen LogP contribution in [0.4, 0.5) is 0 Å². The van der Waals surface area contributed by atoms with E-state index in [0.29, 0.717) is 0 Å². The third kappa shape index (κ3) is 2.71. The van der Waals surface area contributed by atoms with Crippen molar-refractivity contribution in [1.82, 2.24) is 19.6 Å². The van der Waals surface area contributed by atoms with Gasteiger partial charge in [-0.2, -0.15) is 0 Å². The van der Waals surface area contributed by atoms with Gasteiger partial charge in [0.2, 0.25) is 0 Å². The summed E-state index contributed by atoms with van der Waals surface area (Å²) in [6, 6.07) is 19.2. The van der Waals surface area contributed by atoms with Gasteiger partial charge in [0, 0.05) is 0 Å². The van der Waals surface area contributed by atoms with Gasteiger partial charge in [0.25, 0.3) is 0 Å². The fraction of sp³-hybridized carbons (Fsp3) is 0.217. The third-order valence-corrected chi connectivity index (χ3v) is 9.05. The normalized spacial score (nSPS) is 21.2. The molecule has 0 unspecified atom stereocenters. The summed E-state index contributed by atoms with van der Waals surface area (Å²) < 4.78 is 8.96. The summed E-state index contributed by atoms with van der Waals surface area (Å²) in [5, 5.41) is 0. The zero-order chi connectivity index (χ0) is 19.6. The Labute approximate surface area is 178 Å². The number of fused-ring (bicyclic) bond motifs is 4. The first kappa shape index (κ1) is 17.2. The predicted octanol–water partition coefficient (Wildman–Crippen LogP) is 3.23. The number of rotatable bonds is 0. The van der Waals surface area contributed by atoms with Crippen molar-refractivity contribution in [2.45, 2.75) is 25.9 Å². The molecule has 2 aromatic carbocycles. The molecule has 0 radical (unpaired) electrons. The van der Waals surface area contributed by atoms with E-state index in [9.17, 15) is 0 Å². The van der Waals surface area contributed by atoms with Gasteiger partial charge in [-0.3, -0.25) is 0 Å². The molecule has 6 heteroatoms. The SMILES string of the molecule is CC1(C)c2[c-]c(ccc2)Oc2[c-]c(ccc2)CN2C=CN3CN4C=CN1[C]4=[Pt]=[C]23. The van der Waals surface area contributed by atoms with E-state index in [2.05, 4.69) is 88.6 Å². The van der Waals surface area contributed by atoms with Gasteiger partial charge >= 0.3 is 179 Å². The van der Waals surface area contributed by atoms with Gasteiger partial charge in [-0.15, -0.1) is 0 Å². The summed E-state index contributed by atoms with van der Waals surface area (Å²) in [6.45, 7) is 6.17. The first-order valence-electron chi connectivity index (χ1n) is 9.58. The Balaban J connectivity index is 1.57. The molecule has 0 saturated heterocycles. The van der Waals surface area contributed by atoms with E-state index in [1.165, 1.54) is 8.29 Å². The van der Waals surface area contributed by atoms with Crippen LogP contribution in [0.1, 0.15) is 25.0 Å². The zero-order valence-corrected chi connectivity index (χ0v) is 18.5. The Hall–Kier alpha value is -2.65. The van der Waals surface area contributed by atoms with Gasteiger partial charge in [0.15, 0.2) is 0 Å². The molecule has 150 valence electrons. The van der Waals surface area contributed by atoms with E-state index in [-0.39, 0.29) is 23.2 Å². The molecule has 29 heavy (non-hydrogen) atoms. The van der Waals surface area contributed by atoms with Crippen LogP contribution in [0.15, 0.2) is 61.2 Å². The van der Waals surface area contributed by atoms with Gasteiger partial charge in [0.05, 0.1) is 0 Å². The molecule has 6 bridgehead atoms. The van der Waals surface area contributed by atoms with Crippen LogP contribution >= 0.6 is 0 Å². The number of benzene rings is 2. The Morgan fingerprint density at radius 2 is 1.59 bits per heavy atom. The van der Waals surface area contributed by atoms with Crippen molar-refractivity contribution in [2.24, 2.45) is 0 Å². The van der Waals surface area contributed by atoms with Gasteiger partial charge < -0.3 is 0 Å². The summed E-state index contributed by atoms with van der Waals surface area (Å²) in [5.41, 5.74) is 2.00.